The summed E-state index contributed by atoms with van der Waals surface area (Å²) in [6.07, 6.45) is 3.23. The maximum Gasteiger partial charge on any atom is 0.339 e. The summed E-state index contributed by atoms with van der Waals surface area (Å²) < 4.78 is 5.63. The molecule has 3 aromatic rings. The molecule has 4 nitrogen and oxygen atoms in total. The summed E-state index contributed by atoms with van der Waals surface area (Å²) in [7, 11) is 0. The molecule has 5 rings (SSSR count). The number of hydrogen-bond acceptors (Lipinski definition) is 3. The van der Waals surface area contributed by atoms with Gasteiger partial charge in [-0.1, -0.05) is 66.7 Å². The lowest BCUT2D eigenvalue weighted by molar-refractivity contribution is 0.0252. The molecule has 2 heterocycles. The van der Waals surface area contributed by atoms with E-state index in [0.717, 1.165) is 17.5 Å². The lowest BCUT2D eigenvalue weighted by Crippen LogP contribution is -2.35. The molecular weight excluding hydrogens is 386 g/mol. The van der Waals surface area contributed by atoms with Crippen LogP contribution in [0.4, 0.5) is 0 Å². The molecular formula is C27H23NO3. The molecule has 0 aliphatic carbocycles. The Balaban J connectivity index is 1.35. The molecule has 1 amide bonds. The van der Waals surface area contributed by atoms with Gasteiger partial charge in [0.1, 0.15) is 6.10 Å². The van der Waals surface area contributed by atoms with Gasteiger partial charge in [-0.25, -0.2) is 4.79 Å². The first-order valence-electron chi connectivity index (χ1n) is 10.6. The molecule has 0 N–H and O–H groups in total. The van der Waals surface area contributed by atoms with Gasteiger partial charge >= 0.3 is 5.97 Å². The average Bonchev–Trinajstić information content (AvgIpc) is 2.84. The SMILES string of the molecule is O=C1O[C@@H](c2ccccc2)Cc2cc(C(=O)N3CC=C(c4ccccc4)CC3)ccc21. The number of carbonyl (C=O) groups excluding carboxylic acids is 2. The highest BCUT2D eigenvalue weighted by Gasteiger charge is 2.29. The largest absolute Gasteiger partial charge is 0.454 e. The molecule has 1 atom stereocenters. The molecule has 2 aliphatic heterocycles. The Kier molecular flexibility index (Phi) is 5.13. The predicted molar refractivity (Wildman–Crippen MR) is 120 cm³/mol. The van der Waals surface area contributed by atoms with Crippen molar-refractivity contribution in [2.24, 2.45) is 0 Å². The molecule has 0 spiro atoms. The number of fused-ring (bicyclic) bond motifs is 1. The van der Waals surface area contributed by atoms with Crippen LogP contribution in [-0.4, -0.2) is 29.9 Å². The quantitative estimate of drug-likeness (QED) is 0.568. The van der Waals surface area contributed by atoms with Gasteiger partial charge in [0.05, 0.1) is 5.56 Å². The molecule has 154 valence electrons. The summed E-state index contributed by atoms with van der Waals surface area (Å²) in [6.45, 7) is 1.28. The number of esters is 1. The van der Waals surface area contributed by atoms with Gasteiger partial charge in [0.25, 0.3) is 5.91 Å². The second-order valence-electron chi connectivity index (χ2n) is 7.98. The van der Waals surface area contributed by atoms with Crippen LogP contribution in [0.1, 0.15) is 49.9 Å². The maximum absolute atomic E-state index is 13.1. The second kappa shape index (κ2) is 8.23. The zero-order chi connectivity index (χ0) is 21.2. The Morgan fingerprint density at radius 1 is 0.935 bits per heavy atom. The molecule has 31 heavy (non-hydrogen) atoms. The standard InChI is InChI=1S/C27H23NO3/c29-26(28-15-13-20(14-16-28)19-7-3-1-4-8-19)22-11-12-24-23(17-22)18-25(31-27(24)30)21-9-5-2-6-10-21/h1-13,17,25H,14-16,18H2/t25-/m1/s1. The van der Waals surface area contributed by atoms with Crippen molar-refractivity contribution in [2.45, 2.75) is 18.9 Å². The maximum atomic E-state index is 13.1. The van der Waals surface area contributed by atoms with Crippen molar-refractivity contribution in [3.63, 3.8) is 0 Å². The van der Waals surface area contributed by atoms with Crippen molar-refractivity contribution >= 4 is 17.4 Å². The van der Waals surface area contributed by atoms with Gasteiger partial charge in [-0.05, 0) is 46.9 Å². The fourth-order valence-electron chi connectivity index (χ4n) is 4.33. The molecule has 0 fully saturated rings. The molecule has 0 saturated carbocycles. The first-order chi connectivity index (χ1) is 15.2. The van der Waals surface area contributed by atoms with Crippen LogP contribution < -0.4 is 0 Å². The molecule has 2 aliphatic rings. The van der Waals surface area contributed by atoms with E-state index in [4.69, 9.17) is 4.74 Å². The fourth-order valence-corrected chi connectivity index (χ4v) is 4.33. The summed E-state index contributed by atoms with van der Waals surface area (Å²) >= 11 is 0. The lowest BCUT2D eigenvalue weighted by Gasteiger charge is -2.28. The summed E-state index contributed by atoms with van der Waals surface area (Å²) in [4.78, 5) is 27.5. The highest BCUT2D eigenvalue weighted by Crippen LogP contribution is 2.31. The Labute approximate surface area is 181 Å². The van der Waals surface area contributed by atoms with Crippen LogP contribution in [0.2, 0.25) is 0 Å². The van der Waals surface area contributed by atoms with E-state index in [1.54, 1.807) is 12.1 Å². The minimum Gasteiger partial charge on any atom is -0.454 e. The Hall–Kier alpha value is -3.66. The van der Waals surface area contributed by atoms with E-state index < -0.39 is 0 Å². The Bertz CT molecular complexity index is 1150. The van der Waals surface area contributed by atoms with Crippen molar-refractivity contribution in [3.8, 4) is 0 Å². The van der Waals surface area contributed by atoms with Crippen LogP contribution in [0.3, 0.4) is 0 Å². The number of carbonyl (C=O) groups is 2. The third-order valence-electron chi connectivity index (χ3n) is 6.04. The minimum absolute atomic E-state index is 0.00126. The van der Waals surface area contributed by atoms with Crippen LogP contribution in [-0.2, 0) is 11.2 Å². The van der Waals surface area contributed by atoms with E-state index in [9.17, 15) is 9.59 Å². The molecule has 0 bridgehead atoms. The van der Waals surface area contributed by atoms with Gasteiger partial charge in [0.15, 0.2) is 0 Å². The topological polar surface area (TPSA) is 46.6 Å². The predicted octanol–water partition coefficient (Wildman–Crippen LogP) is 5.07. The molecule has 0 aromatic heterocycles. The Morgan fingerprint density at radius 2 is 1.68 bits per heavy atom. The molecule has 0 unspecified atom stereocenters. The van der Waals surface area contributed by atoms with Gasteiger partial charge in [-0.2, -0.15) is 0 Å². The van der Waals surface area contributed by atoms with Gasteiger partial charge in [0.2, 0.25) is 0 Å². The first-order valence-corrected chi connectivity index (χ1v) is 10.6. The number of benzene rings is 3. The minimum atomic E-state index is -0.331. The van der Waals surface area contributed by atoms with E-state index in [1.165, 1.54) is 11.1 Å². The number of ether oxygens (including phenoxy) is 1. The van der Waals surface area contributed by atoms with Gasteiger partial charge in [0, 0.05) is 25.1 Å². The van der Waals surface area contributed by atoms with Crippen molar-refractivity contribution in [1.29, 1.82) is 0 Å². The van der Waals surface area contributed by atoms with Gasteiger partial charge < -0.3 is 9.64 Å². The van der Waals surface area contributed by atoms with E-state index in [1.807, 2.05) is 59.5 Å². The van der Waals surface area contributed by atoms with Gasteiger partial charge in [-0.15, -0.1) is 0 Å². The van der Waals surface area contributed by atoms with Crippen LogP contribution in [0.25, 0.3) is 5.57 Å². The van der Waals surface area contributed by atoms with Gasteiger partial charge in [-0.3, -0.25) is 4.79 Å². The van der Waals surface area contributed by atoms with Crippen molar-refractivity contribution in [3.05, 3.63) is 113 Å². The van der Waals surface area contributed by atoms with E-state index in [2.05, 4.69) is 18.2 Å². The first kappa shape index (κ1) is 19.3. The normalized spacial score (nSPS) is 18.1. The number of hydrogen-bond donors (Lipinski definition) is 0. The van der Waals surface area contributed by atoms with E-state index in [0.29, 0.717) is 30.6 Å². The summed E-state index contributed by atoms with van der Waals surface area (Å²) in [6, 6.07) is 25.4. The van der Waals surface area contributed by atoms with Crippen molar-refractivity contribution in [2.75, 3.05) is 13.1 Å². The fraction of sp³-hybridized carbons (Fsp3) is 0.185. The Morgan fingerprint density at radius 3 is 2.39 bits per heavy atom. The molecule has 0 saturated heterocycles. The van der Waals surface area contributed by atoms with Crippen LogP contribution in [0.5, 0.6) is 0 Å². The van der Waals surface area contributed by atoms with Crippen LogP contribution >= 0.6 is 0 Å². The monoisotopic (exact) mass is 409 g/mol. The number of amides is 1. The van der Waals surface area contributed by atoms with Crippen molar-refractivity contribution in [1.82, 2.24) is 4.90 Å². The number of nitrogens with zero attached hydrogens (tertiary/aromatic N) is 1. The lowest BCUT2D eigenvalue weighted by atomic mass is 9.92. The molecule has 3 aromatic carbocycles. The number of cyclic esters (lactones) is 1. The highest BCUT2D eigenvalue weighted by molar-refractivity contribution is 5.98. The molecule has 0 radical (unpaired) electrons. The third-order valence-corrected chi connectivity index (χ3v) is 6.04. The van der Waals surface area contributed by atoms with E-state index in [-0.39, 0.29) is 18.0 Å². The highest BCUT2D eigenvalue weighted by atomic mass is 16.5. The summed E-state index contributed by atoms with van der Waals surface area (Å²) in [5.41, 5.74) is 5.50. The summed E-state index contributed by atoms with van der Waals surface area (Å²) in [5, 5.41) is 0. The second-order valence-corrected chi connectivity index (χ2v) is 7.98. The number of rotatable bonds is 3. The molecule has 4 heteroatoms. The van der Waals surface area contributed by atoms with Crippen molar-refractivity contribution < 1.29 is 14.3 Å². The van der Waals surface area contributed by atoms with Crippen LogP contribution in [0, 0.1) is 0 Å². The third kappa shape index (κ3) is 3.89. The zero-order valence-electron chi connectivity index (χ0n) is 17.2. The van der Waals surface area contributed by atoms with E-state index >= 15 is 0 Å². The summed E-state index contributed by atoms with van der Waals surface area (Å²) in [5.74, 6) is -0.330. The van der Waals surface area contributed by atoms with Crippen LogP contribution in [0.15, 0.2) is 84.9 Å². The average molecular weight is 409 g/mol. The smallest absolute Gasteiger partial charge is 0.339 e. The zero-order valence-corrected chi connectivity index (χ0v) is 17.2.